The second-order valence-corrected chi connectivity index (χ2v) is 5.98. The first-order chi connectivity index (χ1) is 12.4. The number of hydrogen-bond donors (Lipinski definition) is 0. The van der Waals surface area contributed by atoms with Crippen LogP contribution in [0.5, 0.6) is 11.5 Å². The smallest absolute Gasteiger partial charge is 0.433 e. The molecule has 0 bridgehead atoms. The van der Waals surface area contributed by atoms with Crippen LogP contribution in [0.25, 0.3) is 5.69 Å². The quantitative estimate of drug-likeness (QED) is 0.485. The van der Waals surface area contributed by atoms with Gasteiger partial charge >= 0.3 is 6.18 Å². The van der Waals surface area contributed by atoms with Crippen LogP contribution in [0.15, 0.2) is 70.6 Å². The molecular weight excluding hydrogens is 365 g/mol. The predicted octanol–water partition coefficient (Wildman–Crippen LogP) is 4.77. The van der Waals surface area contributed by atoms with Crippen LogP contribution < -0.4 is 10.3 Å². The van der Waals surface area contributed by atoms with Gasteiger partial charge in [-0.3, -0.25) is 9.36 Å². The van der Waals surface area contributed by atoms with E-state index < -0.39 is 17.4 Å². The maximum atomic E-state index is 12.8. The molecule has 0 amide bonds. The number of para-hydroxylation sites is 1. The SMILES string of the molecule is CSc1nc(C(F)(F)F)cc(=O)n1-c1ccc(Oc2ccccc2)cc1. The molecule has 4 nitrogen and oxygen atoms in total. The van der Waals surface area contributed by atoms with E-state index >= 15 is 0 Å². The van der Waals surface area contributed by atoms with E-state index in [0.29, 0.717) is 23.3 Å². The van der Waals surface area contributed by atoms with Gasteiger partial charge < -0.3 is 4.74 Å². The average Bonchev–Trinajstić information content (AvgIpc) is 2.62. The van der Waals surface area contributed by atoms with Crippen LogP contribution in [0.2, 0.25) is 0 Å². The van der Waals surface area contributed by atoms with Gasteiger partial charge in [0.2, 0.25) is 0 Å². The Kier molecular flexibility index (Phi) is 5.03. The summed E-state index contributed by atoms with van der Waals surface area (Å²) in [7, 11) is 0. The monoisotopic (exact) mass is 378 g/mol. The van der Waals surface area contributed by atoms with Gasteiger partial charge in [0.25, 0.3) is 5.56 Å². The maximum absolute atomic E-state index is 12.8. The molecule has 26 heavy (non-hydrogen) atoms. The molecular formula is C18H13F3N2O2S. The number of halogens is 3. The largest absolute Gasteiger partial charge is 0.457 e. The van der Waals surface area contributed by atoms with Crippen molar-refractivity contribution in [2.75, 3.05) is 6.26 Å². The summed E-state index contributed by atoms with van der Waals surface area (Å²) in [4.78, 5) is 15.8. The molecule has 0 unspecified atom stereocenters. The van der Waals surface area contributed by atoms with E-state index in [1.807, 2.05) is 18.2 Å². The number of hydrogen-bond acceptors (Lipinski definition) is 4. The molecule has 8 heteroatoms. The lowest BCUT2D eigenvalue weighted by Gasteiger charge is -2.13. The van der Waals surface area contributed by atoms with Crippen LogP contribution in [0.4, 0.5) is 13.2 Å². The number of aromatic nitrogens is 2. The average molecular weight is 378 g/mol. The highest BCUT2D eigenvalue weighted by Gasteiger charge is 2.34. The number of rotatable bonds is 4. The fraction of sp³-hybridized carbons (Fsp3) is 0.111. The summed E-state index contributed by atoms with van der Waals surface area (Å²) in [6, 6.07) is 16.1. The van der Waals surface area contributed by atoms with Gasteiger partial charge in [-0.1, -0.05) is 30.0 Å². The van der Waals surface area contributed by atoms with Crippen molar-refractivity contribution in [2.24, 2.45) is 0 Å². The van der Waals surface area contributed by atoms with Gasteiger partial charge in [-0.2, -0.15) is 13.2 Å². The fourth-order valence-electron chi connectivity index (χ4n) is 2.27. The predicted molar refractivity (Wildman–Crippen MR) is 93.1 cm³/mol. The van der Waals surface area contributed by atoms with Gasteiger partial charge in [0.1, 0.15) is 11.5 Å². The third-order valence-corrected chi connectivity index (χ3v) is 4.07. The summed E-state index contributed by atoms with van der Waals surface area (Å²) >= 11 is 0.962. The number of ether oxygens (including phenoxy) is 1. The van der Waals surface area contributed by atoms with Gasteiger partial charge in [-0.05, 0) is 42.7 Å². The molecule has 0 aliphatic rings. The lowest BCUT2D eigenvalue weighted by Crippen LogP contribution is -2.24. The zero-order valence-electron chi connectivity index (χ0n) is 13.5. The zero-order chi connectivity index (χ0) is 18.7. The Morgan fingerprint density at radius 1 is 1.00 bits per heavy atom. The maximum Gasteiger partial charge on any atom is 0.433 e. The van der Waals surface area contributed by atoms with Crippen molar-refractivity contribution in [1.82, 2.24) is 9.55 Å². The lowest BCUT2D eigenvalue weighted by atomic mass is 10.3. The Labute approximate surface area is 151 Å². The van der Waals surface area contributed by atoms with E-state index in [4.69, 9.17) is 4.74 Å². The molecule has 0 fully saturated rings. The molecule has 0 aliphatic heterocycles. The molecule has 3 aromatic rings. The molecule has 1 heterocycles. The topological polar surface area (TPSA) is 44.1 Å². The molecule has 1 aromatic heterocycles. The van der Waals surface area contributed by atoms with Crippen molar-refractivity contribution in [3.05, 3.63) is 76.7 Å². The van der Waals surface area contributed by atoms with Gasteiger partial charge in [-0.15, -0.1) is 0 Å². The molecule has 134 valence electrons. The van der Waals surface area contributed by atoms with Crippen LogP contribution in [-0.2, 0) is 6.18 Å². The normalized spacial score (nSPS) is 11.4. The minimum atomic E-state index is -4.67. The number of thioether (sulfide) groups is 1. The Hall–Kier alpha value is -2.74. The van der Waals surface area contributed by atoms with Crippen molar-refractivity contribution in [2.45, 2.75) is 11.3 Å². The molecule has 2 aromatic carbocycles. The summed E-state index contributed by atoms with van der Waals surface area (Å²) in [5.41, 5.74) is -1.60. The highest BCUT2D eigenvalue weighted by Crippen LogP contribution is 2.29. The second kappa shape index (κ2) is 7.25. The van der Waals surface area contributed by atoms with Crippen molar-refractivity contribution in [3.8, 4) is 17.2 Å². The van der Waals surface area contributed by atoms with E-state index in [1.54, 1.807) is 42.7 Å². The summed E-state index contributed by atoms with van der Waals surface area (Å²) < 4.78 is 45.3. The molecule has 0 saturated heterocycles. The lowest BCUT2D eigenvalue weighted by molar-refractivity contribution is -0.141. The third-order valence-electron chi connectivity index (χ3n) is 3.43. The Morgan fingerprint density at radius 2 is 1.62 bits per heavy atom. The Bertz CT molecular complexity index is 955. The van der Waals surface area contributed by atoms with Crippen LogP contribution in [0.3, 0.4) is 0 Å². The minimum Gasteiger partial charge on any atom is -0.457 e. The van der Waals surface area contributed by atoms with E-state index in [0.717, 1.165) is 16.3 Å². The summed E-state index contributed by atoms with van der Waals surface area (Å²) in [6.07, 6.45) is -3.11. The zero-order valence-corrected chi connectivity index (χ0v) is 14.3. The standard InChI is InChI=1S/C18H13F3N2O2S/c1-26-17-22-15(18(19,20)21)11-16(24)23(17)12-7-9-14(10-8-12)25-13-5-3-2-4-6-13/h2-11H,1H3. The Morgan fingerprint density at radius 3 is 2.19 bits per heavy atom. The highest BCUT2D eigenvalue weighted by molar-refractivity contribution is 7.98. The van der Waals surface area contributed by atoms with Crippen LogP contribution in [0, 0.1) is 0 Å². The van der Waals surface area contributed by atoms with Crippen molar-refractivity contribution < 1.29 is 17.9 Å². The van der Waals surface area contributed by atoms with Gasteiger partial charge in [0.05, 0.1) is 5.69 Å². The van der Waals surface area contributed by atoms with Crippen LogP contribution >= 0.6 is 11.8 Å². The number of nitrogens with zero attached hydrogens (tertiary/aromatic N) is 2. The van der Waals surface area contributed by atoms with Crippen LogP contribution in [-0.4, -0.2) is 15.8 Å². The van der Waals surface area contributed by atoms with E-state index in [-0.39, 0.29) is 5.16 Å². The van der Waals surface area contributed by atoms with Gasteiger partial charge in [0.15, 0.2) is 10.9 Å². The molecule has 0 saturated carbocycles. The van der Waals surface area contributed by atoms with Crippen molar-refractivity contribution in [3.63, 3.8) is 0 Å². The summed E-state index contributed by atoms with van der Waals surface area (Å²) in [6.45, 7) is 0. The fourth-order valence-corrected chi connectivity index (χ4v) is 2.84. The molecule has 0 aliphatic carbocycles. The molecule has 0 atom stereocenters. The molecule has 3 rings (SSSR count). The van der Waals surface area contributed by atoms with E-state index in [2.05, 4.69) is 4.98 Å². The first kappa shape index (κ1) is 18.1. The van der Waals surface area contributed by atoms with E-state index in [1.165, 1.54) is 0 Å². The first-order valence-corrected chi connectivity index (χ1v) is 8.69. The summed E-state index contributed by atoms with van der Waals surface area (Å²) in [5, 5.41) is -0.0402. The van der Waals surface area contributed by atoms with Crippen molar-refractivity contribution in [1.29, 1.82) is 0 Å². The minimum absolute atomic E-state index is 0.0402. The van der Waals surface area contributed by atoms with Gasteiger partial charge in [0, 0.05) is 6.07 Å². The number of benzene rings is 2. The van der Waals surface area contributed by atoms with Gasteiger partial charge in [-0.25, -0.2) is 4.98 Å². The molecule has 0 spiro atoms. The molecule has 0 N–H and O–H groups in total. The highest BCUT2D eigenvalue weighted by atomic mass is 32.2. The third kappa shape index (κ3) is 3.91. The second-order valence-electron chi connectivity index (χ2n) is 5.21. The van der Waals surface area contributed by atoms with Crippen molar-refractivity contribution >= 4 is 11.8 Å². The summed E-state index contributed by atoms with van der Waals surface area (Å²) in [5.74, 6) is 1.19. The Balaban J connectivity index is 1.95. The first-order valence-electron chi connectivity index (χ1n) is 7.47. The number of alkyl halides is 3. The molecule has 0 radical (unpaired) electrons. The van der Waals surface area contributed by atoms with E-state index in [9.17, 15) is 18.0 Å². The van der Waals surface area contributed by atoms with Crippen LogP contribution in [0.1, 0.15) is 5.69 Å².